The highest BCUT2D eigenvalue weighted by atomic mass is 32.2. The SMILES string of the molecule is Cc1ccc(S(=O)(=O)NC(C)CON)s1. The summed E-state index contributed by atoms with van der Waals surface area (Å²) in [5.41, 5.74) is 0. The summed E-state index contributed by atoms with van der Waals surface area (Å²) in [5.74, 6) is 4.86. The first-order valence-corrected chi connectivity index (χ1v) is 6.66. The van der Waals surface area contributed by atoms with Gasteiger partial charge in [-0.25, -0.2) is 19.0 Å². The summed E-state index contributed by atoms with van der Waals surface area (Å²) in [6, 6.07) is 3.00. The summed E-state index contributed by atoms with van der Waals surface area (Å²) in [6.45, 7) is 3.69. The Balaban J connectivity index is 2.76. The molecule has 86 valence electrons. The predicted octanol–water partition coefficient (Wildman–Crippen LogP) is 0.614. The van der Waals surface area contributed by atoms with Crippen LogP contribution in [0.5, 0.6) is 0 Å². The van der Waals surface area contributed by atoms with E-state index in [4.69, 9.17) is 5.90 Å². The van der Waals surface area contributed by atoms with Crippen LogP contribution >= 0.6 is 11.3 Å². The first-order chi connectivity index (χ1) is 6.95. The third-order valence-electron chi connectivity index (χ3n) is 1.68. The maximum absolute atomic E-state index is 11.7. The van der Waals surface area contributed by atoms with Gasteiger partial charge in [-0.15, -0.1) is 11.3 Å². The number of aryl methyl sites for hydroxylation is 1. The van der Waals surface area contributed by atoms with Crippen LogP contribution in [0.4, 0.5) is 0 Å². The lowest BCUT2D eigenvalue weighted by molar-refractivity contribution is 0.124. The standard InChI is InChI=1S/C8H14N2O3S2/c1-6(5-13-9)10-15(11,12)8-4-3-7(2)14-8/h3-4,6,10H,5,9H2,1-2H3. The zero-order valence-electron chi connectivity index (χ0n) is 8.56. The minimum atomic E-state index is -3.43. The normalized spacial score (nSPS) is 14.1. The summed E-state index contributed by atoms with van der Waals surface area (Å²) in [4.78, 5) is 5.32. The van der Waals surface area contributed by atoms with Gasteiger partial charge in [-0.2, -0.15) is 0 Å². The number of hydrogen-bond donors (Lipinski definition) is 2. The van der Waals surface area contributed by atoms with E-state index in [0.29, 0.717) is 4.21 Å². The van der Waals surface area contributed by atoms with E-state index < -0.39 is 10.0 Å². The van der Waals surface area contributed by atoms with Crippen LogP contribution in [0.1, 0.15) is 11.8 Å². The maximum Gasteiger partial charge on any atom is 0.250 e. The second-order valence-corrected chi connectivity index (χ2v) is 6.45. The Hall–Kier alpha value is -0.470. The number of sulfonamides is 1. The van der Waals surface area contributed by atoms with Crippen LogP contribution in [0.25, 0.3) is 0 Å². The van der Waals surface area contributed by atoms with Crippen LogP contribution in [0.15, 0.2) is 16.3 Å². The van der Waals surface area contributed by atoms with E-state index in [9.17, 15) is 8.42 Å². The van der Waals surface area contributed by atoms with Crippen molar-refractivity contribution >= 4 is 21.4 Å². The molecule has 0 radical (unpaired) electrons. The van der Waals surface area contributed by atoms with Gasteiger partial charge in [0.1, 0.15) is 4.21 Å². The average molecular weight is 250 g/mol. The fraction of sp³-hybridized carbons (Fsp3) is 0.500. The van der Waals surface area contributed by atoms with E-state index in [1.807, 2.05) is 6.92 Å². The second-order valence-electron chi connectivity index (χ2n) is 3.22. The molecule has 1 rings (SSSR count). The Morgan fingerprint density at radius 3 is 2.73 bits per heavy atom. The van der Waals surface area contributed by atoms with Crippen molar-refractivity contribution in [3.63, 3.8) is 0 Å². The van der Waals surface area contributed by atoms with E-state index in [-0.39, 0.29) is 12.6 Å². The molecule has 3 N–H and O–H groups in total. The highest BCUT2D eigenvalue weighted by Gasteiger charge is 2.18. The van der Waals surface area contributed by atoms with Gasteiger partial charge in [0.25, 0.3) is 0 Å². The topological polar surface area (TPSA) is 81.4 Å². The van der Waals surface area contributed by atoms with Gasteiger partial charge in [0, 0.05) is 10.9 Å². The Morgan fingerprint density at radius 1 is 1.60 bits per heavy atom. The summed E-state index contributed by atoms with van der Waals surface area (Å²) in [5, 5.41) is 0. The highest BCUT2D eigenvalue weighted by Crippen LogP contribution is 2.20. The molecule has 0 fully saturated rings. The van der Waals surface area contributed by atoms with Crippen molar-refractivity contribution in [1.82, 2.24) is 4.72 Å². The van der Waals surface area contributed by atoms with Crippen molar-refractivity contribution < 1.29 is 13.3 Å². The van der Waals surface area contributed by atoms with Gasteiger partial charge in [-0.1, -0.05) is 0 Å². The highest BCUT2D eigenvalue weighted by molar-refractivity contribution is 7.91. The Labute approximate surface area is 93.2 Å². The molecular formula is C8H14N2O3S2. The third kappa shape index (κ3) is 3.54. The quantitative estimate of drug-likeness (QED) is 0.750. The Bertz CT molecular complexity index is 413. The lowest BCUT2D eigenvalue weighted by Gasteiger charge is -2.11. The first-order valence-electron chi connectivity index (χ1n) is 4.36. The maximum atomic E-state index is 11.7. The Morgan fingerprint density at radius 2 is 2.27 bits per heavy atom. The summed E-state index contributed by atoms with van der Waals surface area (Å²) in [7, 11) is -3.43. The molecule has 0 bridgehead atoms. The van der Waals surface area contributed by atoms with Gasteiger partial charge in [0.05, 0.1) is 6.61 Å². The van der Waals surface area contributed by atoms with Gasteiger partial charge in [-0.05, 0) is 26.0 Å². The molecule has 0 spiro atoms. The number of nitrogens with one attached hydrogen (secondary N) is 1. The molecular weight excluding hydrogens is 236 g/mol. The van der Waals surface area contributed by atoms with Gasteiger partial charge < -0.3 is 4.84 Å². The predicted molar refractivity (Wildman–Crippen MR) is 59.0 cm³/mol. The van der Waals surface area contributed by atoms with Gasteiger partial charge in [0.2, 0.25) is 10.0 Å². The van der Waals surface area contributed by atoms with Crippen LogP contribution in [-0.2, 0) is 14.9 Å². The number of nitrogens with two attached hydrogens (primary N) is 1. The fourth-order valence-corrected chi connectivity index (χ4v) is 3.59. The van der Waals surface area contributed by atoms with E-state index in [1.54, 1.807) is 19.1 Å². The van der Waals surface area contributed by atoms with Crippen LogP contribution in [-0.4, -0.2) is 21.1 Å². The molecule has 1 unspecified atom stereocenters. The van der Waals surface area contributed by atoms with Crippen molar-refractivity contribution in [2.24, 2.45) is 5.90 Å². The van der Waals surface area contributed by atoms with Gasteiger partial charge in [0.15, 0.2) is 0 Å². The molecule has 1 aromatic rings. The minimum Gasteiger partial charge on any atom is -0.303 e. The molecule has 0 saturated heterocycles. The monoisotopic (exact) mass is 250 g/mol. The van der Waals surface area contributed by atoms with E-state index in [1.165, 1.54) is 11.3 Å². The molecule has 5 nitrogen and oxygen atoms in total. The smallest absolute Gasteiger partial charge is 0.250 e. The zero-order valence-corrected chi connectivity index (χ0v) is 10.2. The molecule has 0 amide bonds. The number of hydrogen-bond acceptors (Lipinski definition) is 5. The second kappa shape index (κ2) is 5.04. The molecule has 1 heterocycles. The van der Waals surface area contributed by atoms with E-state index >= 15 is 0 Å². The number of rotatable bonds is 5. The number of thiophene rings is 1. The lowest BCUT2D eigenvalue weighted by Crippen LogP contribution is -2.36. The minimum absolute atomic E-state index is 0.142. The summed E-state index contributed by atoms with van der Waals surface area (Å²) < 4.78 is 26.2. The molecule has 0 saturated carbocycles. The molecule has 7 heteroatoms. The molecule has 1 aromatic heterocycles. The zero-order chi connectivity index (χ0) is 11.5. The lowest BCUT2D eigenvalue weighted by atomic mass is 10.4. The summed E-state index contributed by atoms with van der Waals surface area (Å²) >= 11 is 1.23. The fourth-order valence-electron chi connectivity index (χ4n) is 1.06. The first kappa shape index (κ1) is 12.6. The molecule has 0 aliphatic carbocycles. The van der Waals surface area contributed by atoms with Crippen molar-refractivity contribution in [1.29, 1.82) is 0 Å². The van der Waals surface area contributed by atoms with Crippen molar-refractivity contribution in [2.45, 2.75) is 24.1 Å². The molecule has 0 aliphatic rings. The van der Waals surface area contributed by atoms with Gasteiger partial charge >= 0.3 is 0 Å². The van der Waals surface area contributed by atoms with Crippen LogP contribution in [0, 0.1) is 6.92 Å². The molecule has 1 atom stereocenters. The van der Waals surface area contributed by atoms with E-state index in [0.717, 1.165) is 4.88 Å². The van der Waals surface area contributed by atoms with E-state index in [2.05, 4.69) is 9.56 Å². The molecule has 0 aromatic carbocycles. The van der Waals surface area contributed by atoms with Crippen LogP contribution in [0.3, 0.4) is 0 Å². The average Bonchev–Trinajstić information content (AvgIpc) is 2.51. The molecule has 0 aliphatic heterocycles. The van der Waals surface area contributed by atoms with Crippen LogP contribution in [0.2, 0.25) is 0 Å². The largest absolute Gasteiger partial charge is 0.303 e. The molecule has 15 heavy (non-hydrogen) atoms. The van der Waals surface area contributed by atoms with Gasteiger partial charge in [-0.3, -0.25) is 0 Å². The summed E-state index contributed by atoms with van der Waals surface area (Å²) in [6.07, 6.45) is 0. The van der Waals surface area contributed by atoms with Crippen molar-refractivity contribution in [3.05, 3.63) is 17.0 Å². The Kier molecular flexibility index (Phi) is 4.23. The van der Waals surface area contributed by atoms with Crippen molar-refractivity contribution in [3.8, 4) is 0 Å². The van der Waals surface area contributed by atoms with Crippen LogP contribution < -0.4 is 10.6 Å². The third-order valence-corrected chi connectivity index (χ3v) is 4.77. The van der Waals surface area contributed by atoms with Crippen molar-refractivity contribution in [2.75, 3.05) is 6.61 Å².